The van der Waals surface area contributed by atoms with E-state index in [0.29, 0.717) is 10.9 Å². The predicted octanol–water partition coefficient (Wildman–Crippen LogP) is 1.61. The lowest BCUT2D eigenvalue weighted by Gasteiger charge is -2.38. The molecule has 17 heavy (non-hydrogen) atoms. The molecule has 0 fully saturated rings. The Balaban J connectivity index is 2.39. The number of allylic oxidation sites excluding steroid dienone is 4. The molecule has 0 aliphatic heterocycles. The molecule has 94 valence electrons. The number of sulfone groups is 1. The average Bonchev–Trinajstić information content (AvgIpc) is 2.26. The Morgan fingerprint density at radius 3 is 2.59 bits per heavy atom. The lowest BCUT2D eigenvalue weighted by molar-refractivity contribution is 0.210. The molecule has 3 unspecified atom stereocenters. The molecule has 0 aromatic carbocycles. The SMILES string of the molecule is CN(C)C1CC=CC2C(S(C)(=O)=O)=CC=CC21. The Morgan fingerprint density at radius 1 is 1.29 bits per heavy atom. The number of rotatable bonds is 2. The van der Waals surface area contributed by atoms with Crippen LogP contribution in [0.15, 0.2) is 35.3 Å². The molecule has 0 radical (unpaired) electrons. The van der Waals surface area contributed by atoms with Crippen LogP contribution in [-0.2, 0) is 9.84 Å². The summed E-state index contributed by atoms with van der Waals surface area (Å²) in [6, 6.07) is 0.381. The van der Waals surface area contributed by atoms with E-state index >= 15 is 0 Å². The highest BCUT2D eigenvalue weighted by Gasteiger charge is 2.36. The molecule has 0 saturated heterocycles. The largest absolute Gasteiger partial charge is 0.306 e. The van der Waals surface area contributed by atoms with E-state index in [0.717, 1.165) is 6.42 Å². The predicted molar refractivity (Wildman–Crippen MR) is 70.3 cm³/mol. The smallest absolute Gasteiger partial charge is 0.172 e. The Labute approximate surface area is 103 Å². The van der Waals surface area contributed by atoms with Crippen LogP contribution < -0.4 is 0 Å². The minimum absolute atomic E-state index is 0.0103. The van der Waals surface area contributed by atoms with E-state index in [-0.39, 0.29) is 11.8 Å². The first-order valence-corrected chi connectivity index (χ1v) is 7.72. The van der Waals surface area contributed by atoms with E-state index in [4.69, 9.17) is 0 Å². The van der Waals surface area contributed by atoms with E-state index in [9.17, 15) is 8.42 Å². The highest BCUT2D eigenvalue weighted by molar-refractivity contribution is 7.94. The maximum absolute atomic E-state index is 11.8. The van der Waals surface area contributed by atoms with E-state index in [1.165, 1.54) is 6.26 Å². The van der Waals surface area contributed by atoms with Gasteiger partial charge < -0.3 is 4.90 Å². The minimum atomic E-state index is -3.11. The van der Waals surface area contributed by atoms with Gasteiger partial charge in [-0.05, 0) is 26.6 Å². The summed E-state index contributed by atoms with van der Waals surface area (Å²) in [7, 11) is 0.992. The Kier molecular flexibility index (Phi) is 3.27. The third-order valence-electron chi connectivity index (χ3n) is 3.59. The fourth-order valence-corrected chi connectivity index (χ4v) is 3.79. The van der Waals surface area contributed by atoms with Gasteiger partial charge >= 0.3 is 0 Å². The molecule has 0 spiro atoms. The van der Waals surface area contributed by atoms with Crippen LogP contribution in [0.25, 0.3) is 0 Å². The Hall–Kier alpha value is -0.870. The van der Waals surface area contributed by atoms with E-state index in [2.05, 4.69) is 17.1 Å². The molecule has 0 aromatic heterocycles. The minimum Gasteiger partial charge on any atom is -0.306 e. The van der Waals surface area contributed by atoms with Crippen LogP contribution in [0.2, 0.25) is 0 Å². The van der Waals surface area contributed by atoms with Crippen molar-refractivity contribution in [1.82, 2.24) is 4.90 Å². The third-order valence-corrected chi connectivity index (χ3v) is 4.86. The van der Waals surface area contributed by atoms with Gasteiger partial charge in [0.15, 0.2) is 9.84 Å². The Bertz CT molecular complexity index is 486. The van der Waals surface area contributed by atoms with Crippen LogP contribution in [-0.4, -0.2) is 39.7 Å². The molecule has 0 N–H and O–H groups in total. The highest BCUT2D eigenvalue weighted by Crippen LogP contribution is 2.38. The van der Waals surface area contributed by atoms with Gasteiger partial charge in [0.25, 0.3) is 0 Å². The molecule has 2 rings (SSSR count). The summed E-state index contributed by atoms with van der Waals surface area (Å²) >= 11 is 0. The van der Waals surface area contributed by atoms with Crippen molar-refractivity contribution in [1.29, 1.82) is 0 Å². The number of fused-ring (bicyclic) bond motifs is 1. The normalized spacial score (nSPS) is 32.5. The maximum Gasteiger partial charge on any atom is 0.172 e. The second-order valence-electron chi connectivity index (χ2n) is 5.02. The van der Waals surface area contributed by atoms with Crippen molar-refractivity contribution in [3.8, 4) is 0 Å². The van der Waals surface area contributed by atoms with Gasteiger partial charge in [-0.15, -0.1) is 0 Å². The van der Waals surface area contributed by atoms with E-state index in [1.807, 2.05) is 26.2 Å². The highest BCUT2D eigenvalue weighted by atomic mass is 32.2. The Morgan fingerprint density at radius 2 is 2.00 bits per heavy atom. The molecular formula is C13H19NO2S. The van der Waals surface area contributed by atoms with Crippen molar-refractivity contribution in [2.24, 2.45) is 11.8 Å². The summed E-state index contributed by atoms with van der Waals surface area (Å²) in [5.74, 6) is 0.279. The fourth-order valence-electron chi connectivity index (χ4n) is 2.74. The quantitative estimate of drug-likeness (QED) is 0.702. The summed E-state index contributed by atoms with van der Waals surface area (Å²) in [5, 5.41) is 0. The van der Waals surface area contributed by atoms with E-state index in [1.54, 1.807) is 6.08 Å². The second kappa shape index (κ2) is 4.42. The van der Waals surface area contributed by atoms with Crippen LogP contribution in [0, 0.1) is 11.8 Å². The molecular weight excluding hydrogens is 234 g/mol. The molecule has 2 aliphatic rings. The van der Waals surface area contributed by atoms with Gasteiger partial charge in [0.1, 0.15) is 0 Å². The molecule has 3 nitrogen and oxygen atoms in total. The number of nitrogens with zero attached hydrogens (tertiary/aromatic N) is 1. The lowest BCUT2D eigenvalue weighted by Crippen LogP contribution is -2.41. The number of hydrogen-bond donors (Lipinski definition) is 0. The molecule has 4 heteroatoms. The zero-order valence-corrected chi connectivity index (χ0v) is 11.3. The summed E-state index contributed by atoms with van der Waals surface area (Å²) in [5.41, 5.74) is 0. The molecule has 3 atom stereocenters. The van der Waals surface area contributed by atoms with Gasteiger partial charge in [-0.3, -0.25) is 0 Å². The van der Waals surface area contributed by atoms with Crippen molar-refractivity contribution >= 4 is 9.84 Å². The zero-order chi connectivity index (χ0) is 12.6. The second-order valence-corrected chi connectivity index (χ2v) is 7.04. The van der Waals surface area contributed by atoms with Crippen LogP contribution in [0.1, 0.15) is 6.42 Å². The first-order valence-electron chi connectivity index (χ1n) is 5.83. The maximum atomic E-state index is 11.8. The van der Waals surface area contributed by atoms with Crippen LogP contribution in [0.3, 0.4) is 0 Å². The van der Waals surface area contributed by atoms with Crippen molar-refractivity contribution in [3.63, 3.8) is 0 Å². The van der Waals surface area contributed by atoms with Gasteiger partial charge in [-0.25, -0.2) is 8.42 Å². The molecule has 0 heterocycles. The van der Waals surface area contributed by atoms with Crippen molar-refractivity contribution < 1.29 is 8.42 Å². The lowest BCUT2D eigenvalue weighted by atomic mass is 9.77. The topological polar surface area (TPSA) is 37.4 Å². The first-order chi connectivity index (χ1) is 7.91. The number of hydrogen-bond acceptors (Lipinski definition) is 3. The summed E-state index contributed by atoms with van der Waals surface area (Å²) in [6.07, 6.45) is 12.2. The average molecular weight is 253 g/mol. The van der Waals surface area contributed by atoms with Gasteiger partial charge in [0, 0.05) is 24.1 Å². The van der Waals surface area contributed by atoms with E-state index < -0.39 is 9.84 Å². The molecule has 2 aliphatic carbocycles. The van der Waals surface area contributed by atoms with Crippen molar-refractivity contribution in [2.45, 2.75) is 12.5 Å². The molecule has 0 bridgehead atoms. The molecule has 0 aromatic rings. The first kappa shape index (κ1) is 12.6. The third kappa shape index (κ3) is 2.38. The van der Waals surface area contributed by atoms with Crippen LogP contribution in [0.5, 0.6) is 0 Å². The van der Waals surface area contributed by atoms with Gasteiger partial charge in [-0.1, -0.05) is 24.3 Å². The van der Waals surface area contributed by atoms with Crippen LogP contribution in [0.4, 0.5) is 0 Å². The van der Waals surface area contributed by atoms with Crippen LogP contribution >= 0.6 is 0 Å². The standard InChI is InChI=1S/C13H19NO2S/c1-14(2)12-8-4-7-11-10(12)6-5-9-13(11)17(3,15)16/h4-7,9-12H,8H2,1-3H3. The summed E-state index contributed by atoms with van der Waals surface area (Å²) < 4.78 is 23.5. The molecule has 0 amide bonds. The van der Waals surface area contributed by atoms with Gasteiger partial charge in [0.2, 0.25) is 0 Å². The zero-order valence-electron chi connectivity index (χ0n) is 10.5. The monoisotopic (exact) mass is 253 g/mol. The van der Waals surface area contributed by atoms with Gasteiger partial charge in [0.05, 0.1) is 4.91 Å². The van der Waals surface area contributed by atoms with Crippen molar-refractivity contribution in [2.75, 3.05) is 20.4 Å². The van der Waals surface area contributed by atoms with Crippen molar-refractivity contribution in [3.05, 3.63) is 35.3 Å². The molecule has 0 saturated carbocycles. The van der Waals surface area contributed by atoms with Gasteiger partial charge in [-0.2, -0.15) is 0 Å². The fraction of sp³-hybridized carbons (Fsp3) is 0.538. The summed E-state index contributed by atoms with van der Waals surface area (Å²) in [6.45, 7) is 0. The summed E-state index contributed by atoms with van der Waals surface area (Å²) in [4.78, 5) is 2.73.